The van der Waals surface area contributed by atoms with Crippen LogP contribution >= 0.6 is 0 Å². The molecule has 0 spiro atoms. The van der Waals surface area contributed by atoms with Gasteiger partial charge in [-0.3, -0.25) is 0 Å². The average molecular weight is 214 g/mol. The molecule has 0 aliphatic carbocycles. The monoisotopic (exact) mass is 214 g/mol. The summed E-state index contributed by atoms with van der Waals surface area (Å²) in [5.74, 6) is 0. The van der Waals surface area contributed by atoms with E-state index >= 15 is 0 Å². The third-order valence-electron chi connectivity index (χ3n) is 1.93. The fourth-order valence-electron chi connectivity index (χ4n) is 1.16. The van der Waals surface area contributed by atoms with Crippen molar-refractivity contribution in [3.8, 4) is 0 Å². The van der Waals surface area contributed by atoms with Gasteiger partial charge in [0.1, 0.15) is 0 Å². The number of aromatic nitrogens is 1. The highest BCUT2D eigenvalue weighted by Crippen LogP contribution is 2.17. The van der Waals surface area contributed by atoms with Gasteiger partial charge in [-0.05, 0) is 30.3 Å². The van der Waals surface area contributed by atoms with Gasteiger partial charge in [-0.15, -0.1) is 5.11 Å². The Morgan fingerprint density at radius 1 is 1.00 bits per heavy atom. The first-order valence-corrected chi connectivity index (χ1v) is 4.70. The Bertz CT molecular complexity index is 508. The van der Waals surface area contributed by atoms with Crippen molar-refractivity contribution < 1.29 is 4.73 Å². The Labute approximate surface area is 92.5 Å². The molecule has 1 aromatic heterocycles. The number of nitrogens with zero attached hydrogens (tertiary/aromatic N) is 3. The summed E-state index contributed by atoms with van der Waals surface area (Å²) in [4.78, 5) is 0. The quantitative estimate of drug-likeness (QED) is 0.360. The Balaban J connectivity index is 2.18. The second-order valence-electron chi connectivity index (χ2n) is 3.21. The summed E-state index contributed by atoms with van der Waals surface area (Å²) in [5.41, 5.74) is 7.41. The highest BCUT2D eigenvalue weighted by atomic mass is 16.5. The van der Waals surface area contributed by atoms with Crippen molar-refractivity contribution in [3.05, 3.63) is 54.0 Å². The second-order valence-corrected chi connectivity index (χ2v) is 3.21. The molecular formula is C11H10N4O. The first-order valence-electron chi connectivity index (χ1n) is 4.70. The van der Waals surface area contributed by atoms with Gasteiger partial charge in [-0.25, -0.2) is 0 Å². The smallest absolute Gasteiger partial charge is 0.207 e. The van der Waals surface area contributed by atoms with Gasteiger partial charge in [-0.1, -0.05) is 0 Å². The number of anilines is 1. The van der Waals surface area contributed by atoms with E-state index in [1.807, 2.05) is 0 Å². The number of pyridine rings is 1. The number of azo groups is 1. The topological polar surface area (TPSA) is 77.7 Å². The fraction of sp³-hybridized carbons (Fsp3) is 0. The van der Waals surface area contributed by atoms with Crippen LogP contribution in [0.4, 0.5) is 17.1 Å². The van der Waals surface area contributed by atoms with Gasteiger partial charge in [0.05, 0.1) is 5.69 Å². The van der Waals surface area contributed by atoms with Crippen molar-refractivity contribution in [1.29, 1.82) is 0 Å². The summed E-state index contributed by atoms with van der Waals surface area (Å²) < 4.78 is 0.678. The zero-order valence-electron chi connectivity index (χ0n) is 8.45. The minimum absolute atomic E-state index is 0.509. The average Bonchev–Trinajstić information content (AvgIpc) is 2.28. The highest BCUT2D eigenvalue weighted by molar-refractivity contribution is 5.47. The van der Waals surface area contributed by atoms with Gasteiger partial charge in [0, 0.05) is 11.8 Å². The predicted molar refractivity (Wildman–Crippen MR) is 60.4 cm³/mol. The first kappa shape index (κ1) is 10.1. The second kappa shape index (κ2) is 4.39. The van der Waals surface area contributed by atoms with Crippen molar-refractivity contribution in [2.24, 2.45) is 10.2 Å². The lowest BCUT2D eigenvalue weighted by Crippen LogP contribution is -2.23. The molecule has 1 aromatic carbocycles. The lowest BCUT2D eigenvalue weighted by atomic mass is 10.3. The lowest BCUT2D eigenvalue weighted by molar-refractivity contribution is -0.604. The van der Waals surface area contributed by atoms with E-state index in [-0.39, 0.29) is 0 Å². The Kier molecular flexibility index (Phi) is 2.77. The maximum absolute atomic E-state index is 10.9. The minimum atomic E-state index is 0.509. The van der Waals surface area contributed by atoms with Gasteiger partial charge in [0.25, 0.3) is 0 Å². The zero-order chi connectivity index (χ0) is 11.4. The molecule has 0 aliphatic rings. The third kappa shape index (κ3) is 2.54. The molecule has 0 fully saturated rings. The van der Waals surface area contributed by atoms with E-state index < -0.39 is 0 Å². The van der Waals surface area contributed by atoms with Crippen LogP contribution in [-0.4, -0.2) is 0 Å². The van der Waals surface area contributed by atoms with Crippen LogP contribution in [-0.2, 0) is 0 Å². The lowest BCUT2D eigenvalue weighted by Gasteiger charge is -1.95. The summed E-state index contributed by atoms with van der Waals surface area (Å²) >= 11 is 0. The predicted octanol–water partition coefficient (Wildman–Crippen LogP) is 2.32. The molecule has 5 nitrogen and oxygen atoms in total. The van der Waals surface area contributed by atoms with Crippen molar-refractivity contribution in [2.75, 3.05) is 5.73 Å². The SMILES string of the molecule is Nc1ccc(N=Nc2ccc[n+]([O-])c2)cc1. The molecule has 0 amide bonds. The third-order valence-corrected chi connectivity index (χ3v) is 1.93. The molecule has 5 heteroatoms. The van der Waals surface area contributed by atoms with E-state index in [9.17, 15) is 5.21 Å². The molecule has 0 radical (unpaired) electrons. The van der Waals surface area contributed by atoms with Crippen LogP contribution in [0, 0.1) is 5.21 Å². The van der Waals surface area contributed by atoms with Crippen LogP contribution < -0.4 is 10.5 Å². The number of nitrogens with two attached hydrogens (primary N) is 1. The molecule has 80 valence electrons. The molecule has 0 saturated heterocycles. The molecule has 0 saturated carbocycles. The van der Waals surface area contributed by atoms with E-state index in [2.05, 4.69) is 10.2 Å². The zero-order valence-corrected chi connectivity index (χ0v) is 8.45. The molecule has 0 aliphatic heterocycles. The van der Waals surface area contributed by atoms with Crippen LogP contribution in [0.1, 0.15) is 0 Å². The molecule has 2 rings (SSSR count). The Morgan fingerprint density at radius 2 is 1.69 bits per heavy atom. The molecule has 2 N–H and O–H groups in total. The van der Waals surface area contributed by atoms with Crippen LogP contribution in [0.2, 0.25) is 0 Å². The number of rotatable bonds is 2. The maximum Gasteiger partial charge on any atom is 0.207 e. The minimum Gasteiger partial charge on any atom is -0.619 e. The molecule has 0 bridgehead atoms. The van der Waals surface area contributed by atoms with Gasteiger partial charge in [-0.2, -0.15) is 9.84 Å². The molecular weight excluding hydrogens is 204 g/mol. The number of hydrogen-bond acceptors (Lipinski definition) is 4. The number of benzene rings is 1. The molecule has 2 aromatic rings. The van der Waals surface area contributed by atoms with Crippen LogP contribution in [0.15, 0.2) is 59.0 Å². The fourth-order valence-corrected chi connectivity index (χ4v) is 1.16. The molecule has 0 atom stereocenters. The van der Waals surface area contributed by atoms with E-state index in [4.69, 9.17) is 5.73 Å². The van der Waals surface area contributed by atoms with E-state index in [0.717, 1.165) is 0 Å². The van der Waals surface area contributed by atoms with Gasteiger partial charge in [0.15, 0.2) is 11.9 Å². The van der Waals surface area contributed by atoms with Crippen molar-refractivity contribution >= 4 is 17.1 Å². The van der Waals surface area contributed by atoms with E-state index in [1.165, 1.54) is 12.4 Å². The summed E-state index contributed by atoms with van der Waals surface area (Å²) in [7, 11) is 0. The van der Waals surface area contributed by atoms with Crippen molar-refractivity contribution in [3.63, 3.8) is 0 Å². The summed E-state index contributed by atoms with van der Waals surface area (Å²) in [6.07, 6.45) is 2.74. The first-order chi connectivity index (χ1) is 7.74. The summed E-state index contributed by atoms with van der Waals surface area (Å²) in [6.45, 7) is 0. The molecule has 1 heterocycles. The van der Waals surface area contributed by atoms with Gasteiger partial charge >= 0.3 is 0 Å². The van der Waals surface area contributed by atoms with E-state index in [1.54, 1.807) is 36.4 Å². The van der Waals surface area contributed by atoms with Crippen LogP contribution in [0.25, 0.3) is 0 Å². The standard InChI is InChI=1S/C11H10N4O/c12-9-3-5-10(6-4-9)13-14-11-2-1-7-15(16)8-11/h1-8H,12H2. The summed E-state index contributed by atoms with van der Waals surface area (Å²) in [6, 6.07) is 10.3. The molecule has 0 unspecified atom stereocenters. The van der Waals surface area contributed by atoms with Gasteiger partial charge in [0.2, 0.25) is 6.20 Å². The van der Waals surface area contributed by atoms with Crippen molar-refractivity contribution in [1.82, 2.24) is 0 Å². The van der Waals surface area contributed by atoms with E-state index in [0.29, 0.717) is 21.8 Å². The highest BCUT2D eigenvalue weighted by Gasteiger charge is 1.94. The normalized spacial score (nSPS) is 10.8. The number of nitrogen functional groups attached to an aromatic ring is 1. The molecule has 16 heavy (non-hydrogen) atoms. The largest absolute Gasteiger partial charge is 0.619 e. The Morgan fingerprint density at radius 3 is 2.38 bits per heavy atom. The maximum atomic E-state index is 10.9. The number of hydrogen-bond donors (Lipinski definition) is 1. The van der Waals surface area contributed by atoms with Gasteiger partial charge < -0.3 is 10.9 Å². The van der Waals surface area contributed by atoms with Crippen molar-refractivity contribution in [2.45, 2.75) is 0 Å². The van der Waals surface area contributed by atoms with Crippen LogP contribution in [0.3, 0.4) is 0 Å². The van der Waals surface area contributed by atoms with Crippen LogP contribution in [0.5, 0.6) is 0 Å². The summed E-state index contributed by atoms with van der Waals surface area (Å²) in [5, 5.41) is 18.9. The Hall–Kier alpha value is -2.43.